The summed E-state index contributed by atoms with van der Waals surface area (Å²) in [6, 6.07) is 8.89. The molecule has 0 spiro atoms. The second kappa shape index (κ2) is 7.27. The Morgan fingerprint density at radius 1 is 1.10 bits per heavy atom. The van der Waals surface area contributed by atoms with Gasteiger partial charge in [0.1, 0.15) is 23.9 Å². The standard InChI is InChI=1S/C24H20O7/c1-12-7-16-9-15(23(26)28-16)11-19-21(13(2)22(25)30-19)18(8-12)31-24(27)20-10-14-5-3-4-6-17(14)29-20/h3-6,8-10,16,18-19,21H,2,7,11H2,1H3/b12-8+/t16-,18?,19?,21+/m1/s1. The highest BCUT2D eigenvalue weighted by atomic mass is 16.6. The van der Waals surface area contributed by atoms with Gasteiger partial charge >= 0.3 is 17.9 Å². The highest BCUT2D eigenvalue weighted by molar-refractivity contribution is 5.94. The quantitative estimate of drug-likeness (QED) is 0.317. The number of esters is 3. The summed E-state index contributed by atoms with van der Waals surface area (Å²) in [6.45, 7) is 5.72. The molecule has 2 bridgehead atoms. The lowest BCUT2D eigenvalue weighted by molar-refractivity contribution is -0.142. The number of carbonyl (C=O) groups is 3. The maximum Gasteiger partial charge on any atom is 0.374 e. The Labute approximate surface area is 177 Å². The topological polar surface area (TPSA) is 92.0 Å². The van der Waals surface area contributed by atoms with Crippen LogP contribution in [-0.4, -0.2) is 36.2 Å². The number of para-hydroxylation sites is 1. The molecule has 31 heavy (non-hydrogen) atoms. The first-order chi connectivity index (χ1) is 14.9. The minimum absolute atomic E-state index is 0.0676. The molecule has 7 heteroatoms. The van der Waals surface area contributed by atoms with Gasteiger partial charge in [-0.05, 0) is 31.2 Å². The van der Waals surface area contributed by atoms with Crippen molar-refractivity contribution in [2.75, 3.05) is 0 Å². The highest BCUT2D eigenvalue weighted by Gasteiger charge is 2.46. The van der Waals surface area contributed by atoms with E-state index in [1.165, 1.54) is 0 Å². The zero-order valence-corrected chi connectivity index (χ0v) is 16.8. The van der Waals surface area contributed by atoms with E-state index in [2.05, 4.69) is 6.58 Å². The lowest BCUT2D eigenvalue weighted by atomic mass is 9.85. The Hall–Kier alpha value is -3.61. The number of hydrogen-bond acceptors (Lipinski definition) is 7. The van der Waals surface area contributed by atoms with E-state index in [1.807, 2.05) is 25.1 Å². The lowest BCUT2D eigenvalue weighted by Crippen LogP contribution is -2.33. The predicted molar refractivity (Wildman–Crippen MR) is 109 cm³/mol. The van der Waals surface area contributed by atoms with Crippen LogP contribution in [0.25, 0.3) is 11.0 Å². The molecule has 2 unspecified atom stereocenters. The van der Waals surface area contributed by atoms with Crippen molar-refractivity contribution in [3.63, 3.8) is 0 Å². The molecule has 1 aromatic carbocycles. The van der Waals surface area contributed by atoms with Gasteiger partial charge in [-0.1, -0.05) is 30.4 Å². The Kier molecular flexibility index (Phi) is 4.54. The SMILES string of the molecule is C=C1C(=O)OC2CC3=C[C@@H](C/C(C)=C/C(OC(=O)c4cc5ccccc5o4)[C@H]12)OC3=O. The molecule has 5 rings (SSSR count). The molecule has 0 saturated carbocycles. The third-order valence-corrected chi connectivity index (χ3v) is 5.85. The summed E-state index contributed by atoms with van der Waals surface area (Å²) in [7, 11) is 0. The van der Waals surface area contributed by atoms with E-state index in [0.717, 1.165) is 11.0 Å². The number of hydrogen-bond donors (Lipinski definition) is 0. The van der Waals surface area contributed by atoms with Crippen LogP contribution in [0, 0.1) is 5.92 Å². The summed E-state index contributed by atoms with van der Waals surface area (Å²) < 4.78 is 22.3. The molecule has 3 aliphatic rings. The summed E-state index contributed by atoms with van der Waals surface area (Å²) in [6.07, 6.45) is 2.31. The smallest absolute Gasteiger partial charge is 0.374 e. The lowest BCUT2D eigenvalue weighted by Gasteiger charge is -2.25. The molecule has 1 fully saturated rings. The van der Waals surface area contributed by atoms with Crippen LogP contribution >= 0.6 is 0 Å². The van der Waals surface area contributed by atoms with Gasteiger partial charge in [0.2, 0.25) is 5.76 Å². The Morgan fingerprint density at radius 3 is 2.71 bits per heavy atom. The number of benzene rings is 1. The van der Waals surface area contributed by atoms with Gasteiger partial charge in [-0.25, -0.2) is 14.4 Å². The van der Waals surface area contributed by atoms with Crippen molar-refractivity contribution >= 4 is 28.9 Å². The molecule has 0 amide bonds. The molecule has 2 aliphatic heterocycles. The van der Waals surface area contributed by atoms with Crippen LogP contribution in [0.2, 0.25) is 0 Å². The van der Waals surface area contributed by atoms with Crippen molar-refractivity contribution in [3.05, 3.63) is 71.5 Å². The summed E-state index contributed by atoms with van der Waals surface area (Å²) in [5.41, 5.74) is 2.10. The van der Waals surface area contributed by atoms with E-state index < -0.39 is 36.0 Å². The second-order valence-electron chi connectivity index (χ2n) is 8.07. The maximum atomic E-state index is 12.9. The molecule has 1 saturated heterocycles. The first-order valence-electron chi connectivity index (χ1n) is 10.1. The van der Waals surface area contributed by atoms with Gasteiger partial charge in [-0.2, -0.15) is 0 Å². The van der Waals surface area contributed by atoms with E-state index in [0.29, 0.717) is 17.6 Å². The Morgan fingerprint density at radius 2 is 1.90 bits per heavy atom. The molecule has 7 nitrogen and oxygen atoms in total. The van der Waals surface area contributed by atoms with Crippen LogP contribution in [-0.2, 0) is 23.8 Å². The van der Waals surface area contributed by atoms with Crippen molar-refractivity contribution in [2.45, 2.75) is 38.1 Å². The van der Waals surface area contributed by atoms with Crippen LogP contribution in [0.1, 0.15) is 30.3 Å². The van der Waals surface area contributed by atoms with E-state index in [-0.39, 0.29) is 23.9 Å². The van der Waals surface area contributed by atoms with Crippen LogP contribution in [0.15, 0.2) is 70.2 Å². The molecule has 4 atom stereocenters. The minimum atomic E-state index is -0.808. The van der Waals surface area contributed by atoms with Gasteiger partial charge in [0, 0.05) is 29.4 Å². The fourth-order valence-corrected chi connectivity index (χ4v) is 4.37. The first-order valence-corrected chi connectivity index (χ1v) is 10.1. The molecule has 0 radical (unpaired) electrons. The predicted octanol–water partition coefficient (Wildman–Crippen LogP) is 3.65. The number of ether oxygens (including phenoxy) is 3. The number of carbonyl (C=O) groups excluding carboxylic acids is 3. The van der Waals surface area contributed by atoms with Crippen molar-refractivity contribution in [2.24, 2.45) is 5.92 Å². The Balaban J connectivity index is 1.49. The van der Waals surface area contributed by atoms with Crippen molar-refractivity contribution in [1.29, 1.82) is 0 Å². The van der Waals surface area contributed by atoms with Crippen molar-refractivity contribution in [1.82, 2.24) is 0 Å². The second-order valence-corrected chi connectivity index (χ2v) is 8.07. The average molecular weight is 420 g/mol. The van der Waals surface area contributed by atoms with Crippen LogP contribution < -0.4 is 0 Å². The molecule has 1 aromatic heterocycles. The summed E-state index contributed by atoms with van der Waals surface area (Å²) in [5.74, 6) is -2.18. The Bertz CT molecular complexity index is 1150. The normalized spacial score (nSPS) is 29.5. The molecular formula is C24H20O7. The van der Waals surface area contributed by atoms with Crippen molar-refractivity contribution < 1.29 is 33.0 Å². The fraction of sp³-hybridized carbons (Fsp3) is 0.292. The number of rotatable bonds is 2. The zero-order chi connectivity index (χ0) is 21.7. The molecule has 0 N–H and O–H groups in total. The van der Waals surface area contributed by atoms with Crippen LogP contribution in [0.3, 0.4) is 0 Å². The van der Waals surface area contributed by atoms with Crippen LogP contribution in [0.5, 0.6) is 0 Å². The van der Waals surface area contributed by atoms with Gasteiger partial charge in [0.05, 0.1) is 5.92 Å². The van der Waals surface area contributed by atoms with Crippen LogP contribution in [0.4, 0.5) is 0 Å². The molecule has 1 aliphatic carbocycles. The van der Waals surface area contributed by atoms with Gasteiger partial charge in [-0.15, -0.1) is 0 Å². The third-order valence-electron chi connectivity index (χ3n) is 5.85. The van der Waals surface area contributed by atoms with Crippen molar-refractivity contribution in [3.8, 4) is 0 Å². The monoisotopic (exact) mass is 420 g/mol. The number of fused-ring (bicyclic) bond motifs is 3. The highest BCUT2D eigenvalue weighted by Crippen LogP contribution is 2.38. The molecule has 3 heterocycles. The zero-order valence-electron chi connectivity index (χ0n) is 16.8. The molecule has 2 aromatic rings. The van der Waals surface area contributed by atoms with Gasteiger partial charge in [0.25, 0.3) is 0 Å². The molecular weight excluding hydrogens is 400 g/mol. The average Bonchev–Trinajstić information content (AvgIpc) is 3.37. The van der Waals surface area contributed by atoms with Gasteiger partial charge in [-0.3, -0.25) is 0 Å². The van der Waals surface area contributed by atoms with E-state index in [9.17, 15) is 14.4 Å². The first kappa shape index (κ1) is 19.4. The van der Waals surface area contributed by atoms with Gasteiger partial charge < -0.3 is 18.6 Å². The maximum absolute atomic E-state index is 12.9. The summed E-state index contributed by atoms with van der Waals surface area (Å²) >= 11 is 0. The number of furan rings is 1. The van der Waals surface area contributed by atoms with E-state index >= 15 is 0 Å². The fourth-order valence-electron chi connectivity index (χ4n) is 4.37. The molecule has 158 valence electrons. The largest absolute Gasteiger partial charge is 0.458 e. The van der Waals surface area contributed by atoms with Gasteiger partial charge in [0.15, 0.2) is 0 Å². The summed E-state index contributed by atoms with van der Waals surface area (Å²) in [4.78, 5) is 37.4. The minimum Gasteiger partial charge on any atom is -0.458 e. The van der Waals surface area contributed by atoms with E-state index in [4.69, 9.17) is 18.6 Å². The third kappa shape index (κ3) is 3.46. The summed E-state index contributed by atoms with van der Waals surface area (Å²) in [5, 5.41) is 0.785. The van der Waals surface area contributed by atoms with E-state index in [1.54, 1.807) is 24.3 Å².